The van der Waals surface area contributed by atoms with Crippen LogP contribution in [-0.4, -0.2) is 35.3 Å². The van der Waals surface area contributed by atoms with Crippen molar-refractivity contribution in [3.63, 3.8) is 0 Å². The van der Waals surface area contributed by atoms with E-state index >= 15 is 0 Å². The molecule has 0 aromatic heterocycles. The van der Waals surface area contributed by atoms with Crippen LogP contribution in [0.5, 0.6) is 5.75 Å². The molecule has 0 unspecified atom stereocenters. The third kappa shape index (κ3) is 8.49. The van der Waals surface area contributed by atoms with Crippen LogP contribution in [0.2, 0.25) is 0 Å². The monoisotopic (exact) mass is 558 g/mol. The van der Waals surface area contributed by atoms with E-state index in [0.717, 1.165) is 36.5 Å². The van der Waals surface area contributed by atoms with E-state index in [1.165, 1.54) is 17.7 Å². The van der Waals surface area contributed by atoms with Gasteiger partial charge in [0.15, 0.2) is 0 Å². The lowest BCUT2D eigenvalue weighted by atomic mass is 9.93. The molecule has 8 heteroatoms. The largest absolute Gasteiger partial charge is 0.488 e. The van der Waals surface area contributed by atoms with Crippen molar-refractivity contribution in [2.45, 2.75) is 70.7 Å². The molecule has 39 heavy (non-hydrogen) atoms. The lowest BCUT2D eigenvalue weighted by Gasteiger charge is -2.32. The fourth-order valence-electron chi connectivity index (χ4n) is 4.77. The summed E-state index contributed by atoms with van der Waals surface area (Å²) in [6, 6.07) is 16.0. The third-order valence-corrected chi connectivity index (χ3v) is 6.95. The molecule has 4 rings (SSSR count). The molecule has 1 amide bonds. The highest BCUT2D eigenvalue weighted by Gasteiger charge is 2.28. The molecule has 0 saturated heterocycles. The van der Waals surface area contributed by atoms with Crippen LogP contribution < -0.4 is 15.4 Å². The first-order valence-corrected chi connectivity index (χ1v) is 13.2. The van der Waals surface area contributed by atoms with E-state index in [9.17, 15) is 18.7 Å². The van der Waals surface area contributed by atoms with Crippen LogP contribution in [0.4, 0.5) is 8.78 Å². The van der Waals surface area contributed by atoms with Crippen molar-refractivity contribution in [1.82, 2.24) is 10.6 Å². The van der Waals surface area contributed by atoms with Gasteiger partial charge < -0.3 is 20.5 Å². The molecule has 0 fully saturated rings. The van der Waals surface area contributed by atoms with Gasteiger partial charge >= 0.3 is 0 Å². The second-order valence-corrected chi connectivity index (χ2v) is 10.6. The van der Waals surface area contributed by atoms with Crippen LogP contribution in [0.15, 0.2) is 60.7 Å². The summed E-state index contributed by atoms with van der Waals surface area (Å²) in [6.45, 7) is 6.84. The summed E-state index contributed by atoms with van der Waals surface area (Å²) in [7, 11) is 0. The number of rotatable bonds is 10. The van der Waals surface area contributed by atoms with E-state index in [0.29, 0.717) is 23.4 Å². The Hall–Kier alpha value is -3.00. The van der Waals surface area contributed by atoms with E-state index < -0.39 is 29.7 Å². The molecule has 1 heterocycles. The first-order chi connectivity index (χ1) is 18.1. The van der Waals surface area contributed by atoms with Gasteiger partial charge in [-0.15, -0.1) is 12.4 Å². The molecule has 5 nitrogen and oxygen atoms in total. The summed E-state index contributed by atoms with van der Waals surface area (Å²) in [5.41, 5.74) is 3.78. The zero-order valence-electron chi connectivity index (χ0n) is 22.6. The maximum absolute atomic E-state index is 13.9. The molecule has 2 atom stereocenters. The Morgan fingerprint density at radius 1 is 1.03 bits per heavy atom. The highest BCUT2D eigenvalue weighted by molar-refractivity contribution is 5.95. The minimum Gasteiger partial charge on any atom is -0.488 e. The summed E-state index contributed by atoms with van der Waals surface area (Å²) in [4.78, 5) is 13.3. The lowest BCUT2D eigenvalue weighted by Crippen LogP contribution is -2.48. The molecule has 210 valence electrons. The molecule has 3 aromatic carbocycles. The van der Waals surface area contributed by atoms with Gasteiger partial charge in [0.25, 0.3) is 5.91 Å². The van der Waals surface area contributed by atoms with Gasteiger partial charge in [0, 0.05) is 24.7 Å². The minimum atomic E-state index is -1.01. The van der Waals surface area contributed by atoms with Crippen LogP contribution in [0.3, 0.4) is 0 Å². The predicted octanol–water partition coefficient (Wildman–Crippen LogP) is 5.54. The van der Waals surface area contributed by atoms with Gasteiger partial charge in [0.05, 0.1) is 12.1 Å². The number of ether oxygens (including phenoxy) is 1. The third-order valence-electron chi connectivity index (χ3n) is 6.95. The summed E-state index contributed by atoms with van der Waals surface area (Å²) in [5, 5.41) is 17.2. The number of nitrogens with one attached hydrogen (secondary N) is 2. The maximum Gasteiger partial charge on any atom is 0.251 e. The topological polar surface area (TPSA) is 70.6 Å². The van der Waals surface area contributed by atoms with E-state index in [1.54, 1.807) is 12.1 Å². The second kappa shape index (κ2) is 13.4. The van der Waals surface area contributed by atoms with Crippen LogP contribution in [0.25, 0.3) is 0 Å². The number of carbonyl (C=O) groups excluding carboxylic acids is 1. The van der Waals surface area contributed by atoms with Crippen molar-refractivity contribution in [3.05, 3.63) is 100 Å². The second-order valence-electron chi connectivity index (χ2n) is 10.6. The van der Waals surface area contributed by atoms with Gasteiger partial charge in [0.2, 0.25) is 0 Å². The number of benzene rings is 3. The molecule has 1 aliphatic heterocycles. The van der Waals surface area contributed by atoms with Gasteiger partial charge in [-0.2, -0.15) is 0 Å². The van der Waals surface area contributed by atoms with Gasteiger partial charge in [0.1, 0.15) is 23.0 Å². The van der Waals surface area contributed by atoms with Gasteiger partial charge in [-0.05, 0) is 86.1 Å². The Morgan fingerprint density at radius 2 is 1.74 bits per heavy atom. The van der Waals surface area contributed by atoms with Crippen LogP contribution in [0, 0.1) is 11.6 Å². The summed E-state index contributed by atoms with van der Waals surface area (Å²) >= 11 is 0. The standard InChI is InChI=1S/C31H36F2N2O3.ClH/c1-4-20-6-5-7-21(12-20)18-34-19-28(36)27(15-22-13-25(32)17-26(33)14-22)35-30(37)24-9-8-23-10-11-31(2,3)38-29(23)16-24;/h5-9,12-14,16-17,27-28,34,36H,4,10-11,15,18-19H2,1-3H3,(H,35,37);1H/t27-,28+;/m0./s1. The first kappa shape index (κ1) is 30.5. The molecule has 1 aliphatic rings. The molecular formula is C31H37ClF2N2O3. The summed E-state index contributed by atoms with van der Waals surface area (Å²) in [5.74, 6) is -1.13. The number of amides is 1. The molecule has 3 N–H and O–H groups in total. The number of aryl methyl sites for hydroxylation is 2. The minimum absolute atomic E-state index is 0. The Balaban J connectivity index is 0.00000420. The molecule has 0 radical (unpaired) electrons. The summed E-state index contributed by atoms with van der Waals surface area (Å²) < 4.78 is 33.8. The number of carbonyl (C=O) groups is 1. The van der Waals surface area contributed by atoms with Crippen LogP contribution >= 0.6 is 12.4 Å². The zero-order chi connectivity index (χ0) is 27.3. The van der Waals surface area contributed by atoms with Crippen molar-refractivity contribution >= 4 is 18.3 Å². The number of aliphatic hydroxyl groups excluding tert-OH is 1. The molecule has 0 bridgehead atoms. The highest BCUT2D eigenvalue weighted by atomic mass is 35.5. The Morgan fingerprint density at radius 3 is 2.46 bits per heavy atom. The van der Waals surface area contributed by atoms with Crippen molar-refractivity contribution < 1.29 is 23.4 Å². The first-order valence-electron chi connectivity index (χ1n) is 13.2. The van der Waals surface area contributed by atoms with Gasteiger partial charge in [-0.3, -0.25) is 4.79 Å². The molecular weight excluding hydrogens is 522 g/mol. The number of hydrogen-bond donors (Lipinski definition) is 3. The number of fused-ring (bicyclic) bond motifs is 1. The zero-order valence-corrected chi connectivity index (χ0v) is 23.4. The lowest BCUT2D eigenvalue weighted by molar-refractivity contribution is 0.0805. The molecule has 3 aromatic rings. The molecule has 0 spiro atoms. The number of hydrogen-bond acceptors (Lipinski definition) is 4. The molecule has 0 saturated carbocycles. The van der Waals surface area contributed by atoms with Crippen molar-refractivity contribution in [2.24, 2.45) is 0 Å². The fraction of sp³-hybridized carbons (Fsp3) is 0.387. The van der Waals surface area contributed by atoms with Crippen molar-refractivity contribution in [2.75, 3.05) is 6.54 Å². The van der Waals surface area contributed by atoms with Crippen molar-refractivity contribution in [1.29, 1.82) is 0 Å². The maximum atomic E-state index is 13.9. The average Bonchev–Trinajstić information content (AvgIpc) is 2.86. The number of halogens is 3. The van der Waals surface area contributed by atoms with E-state index in [2.05, 4.69) is 29.7 Å². The normalized spacial score (nSPS) is 15.3. The van der Waals surface area contributed by atoms with Gasteiger partial charge in [-0.25, -0.2) is 8.78 Å². The predicted molar refractivity (Wildman–Crippen MR) is 152 cm³/mol. The quantitative estimate of drug-likeness (QED) is 0.305. The van der Waals surface area contributed by atoms with Gasteiger partial charge in [-0.1, -0.05) is 37.3 Å². The Labute approximate surface area is 235 Å². The smallest absolute Gasteiger partial charge is 0.251 e. The van der Waals surface area contributed by atoms with Crippen LogP contribution in [0.1, 0.15) is 59.8 Å². The average molecular weight is 559 g/mol. The number of aliphatic hydroxyl groups is 1. The summed E-state index contributed by atoms with van der Waals surface area (Å²) in [6.07, 6.45) is 1.74. The fourth-order valence-corrected chi connectivity index (χ4v) is 4.77. The SMILES string of the molecule is CCc1cccc(CNC[C@@H](O)[C@H](Cc2cc(F)cc(F)c2)NC(=O)c2ccc3c(c2)OC(C)(C)CC3)c1.Cl. The van der Waals surface area contributed by atoms with E-state index in [-0.39, 0.29) is 31.0 Å². The molecule has 0 aliphatic carbocycles. The van der Waals surface area contributed by atoms with Crippen LogP contribution in [-0.2, 0) is 25.8 Å². The van der Waals surface area contributed by atoms with E-state index in [4.69, 9.17) is 4.74 Å². The van der Waals surface area contributed by atoms with E-state index in [1.807, 2.05) is 32.0 Å². The Bertz CT molecular complexity index is 1260. The van der Waals surface area contributed by atoms with Crippen molar-refractivity contribution in [3.8, 4) is 5.75 Å². The Kier molecular flexibility index (Phi) is 10.5. The highest BCUT2D eigenvalue weighted by Crippen LogP contribution is 2.33.